The summed E-state index contributed by atoms with van der Waals surface area (Å²) in [4.78, 5) is 40.9. The van der Waals surface area contributed by atoms with Crippen LogP contribution in [0.1, 0.15) is 34.4 Å². The second kappa shape index (κ2) is 11.0. The van der Waals surface area contributed by atoms with Crippen LogP contribution < -0.4 is 15.0 Å². The summed E-state index contributed by atoms with van der Waals surface area (Å²) in [5.41, 5.74) is 2.21. The first-order valence-electron chi connectivity index (χ1n) is 9.93. The highest BCUT2D eigenvalue weighted by Crippen LogP contribution is 2.24. The zero-order chi connectivity index (χ0) is 23.8. The second-order valence-corrected chi connectivity index (χ2v) is 7.22. The number of pyridine rings is 1. The van der Waals surface area contributed by atoms with Crippen molar-refractivity contribution >= 4 is 11.9 Å². The van der Waals surface area contributed by atoms with Crippen LogP contribution in [0.4, 0.5) is 0 Å². The van der Waals surface area contributed by atoms with E-state index in [1.54, 1.807) is 32.0 Å². The van der Waals surface area contributed by atoms with Crippen molar-refractivity contribution in [2.24, 2.45) is 0 Å². The van der Waals surface area contributed by atoms with Gasteiger partial charge >= 0.3 is 5.97 Å². The molecule has 9 nitrogen and oxygen atoms in total. The lowest BCUT2D eigenvalue weighted by atomic mass is 9.99. The van der Waals surface area contributed by atoms with Crippen molar-refractivity contribution in [2.75, 3.05) is 27.9 Å². The number of esters is 1. The number of nitriles is 1. The molecule has 1 N–H and O–H groups in total. The van der Waals surface area contributed by atoms with Crippen molar-refractivity contribution < 1.29 is 23.8 Å². The Bertz CT molecular complexity index is 1080. The second-order valence-electron chi connectivity index (χ2n) is 7.22. The van der Waals surface area contributed by atoms with Crippen LogP contribution in [0.3, 0.4) is 0 Å². The Labute approximate surface area is 186 Å². The molecule has 2 aromatic rings. The van der Waals surface area contributed by atoms with E-state index < -0.39 is 11.5 Å². The number of aryl methyl sites for hydroxylation is 1. The summed E-state index contributed by atoms with van der Waals surface area (Å²) in [6, 6.07) is 7.14. The summed E-state index contributed by atoms with van der Waals surface area (Å²) in [7, 11) is 4.32. The first-order chi connectivity index (χ1) is 15.2. The molecule has 0 fully saturated rings. The summed E-state index contributed by atoms with van der Waals surface area (Å²) >= 11 is 0. The van der Waals surface area contributed by atoms with Crippen molar-refractivity contribution in [3.05, 3.63) is 56.5 Å². The monoisotopic (exact) mass is 441 g/mol. The number of carbonyl (C=O) groups is 2. The molecule has 0 bridgehead atoms. The zero-order valence-corrected chi connectivity index (χ0v) is 18.9. The summed E-state index contributed by atoms with van der Waals surface area (Å²) in [5, 5.41) is 9.24. The Kier molecular flexibility index (Phi) is 8.41. The molecule has 0 aliphatic heterocycles. The number of benzene rings is 1. The van der Waals surface area contributed by atoms with E-state index in [9.17, 15) is 19.6 Å². The Morgan fingerprint density at radius 1 is 1.09 bits per heavy atom. The molecule has 0 saturated heterocycles. The third-order valence-electron chi connectivity index (χ3n) is 5.19. The predicted molar refractivity (Wildman–Crippen MR) is 117 cm³/mol. The summed E-state index contributed by atoms with van der Waals surface area (Å²) in [5.74, 6) is 0.304. The number of methoxy groups -OCH3 is 3. The maximum absolute atomic E-state index is 13.0. The van der Waals surface area contributed by atoms with Crippen LogP contribution in [0, 0.1) is 25.2 Å². The minimum absolute atomic E-state index is 0.0351. The quantitative estimate of drug-likeness (QED) is 0.591. The standard InChI is InChI=1S/C23H27N3O6/c1-14-19(15(2)25-23(29)20(14)11-24)6-7-21(27)26(13-22(28)32-5)12-16-8-17(30-3)10-18(9-16)31-4/h8-10H,6-7,12-13H2,1-5H3,(H,25,29). The largest absolute Gasteiger partial charge is 0.497 e. The van der Waals surface area contributed by atoms with E-state index in [1.165, 1.54) is 26.2 Å². The lowest BCUT2D eigenvalue weighted by Crippen LogP contribution is -2.36. The Morgan fingerprint density at radius 3 is 2.25 bits per heavy atom. The number of hydrogen-bond donors (Lipinski definition) is 1. The fraction of sp³-hybridized carbons (Fsp3) is 0.391. The first kappa shape index (κ1) is 24.5. The van der Waals surface area contributed by atoms with E-state index in [0.29, 0.717) is 29.2 Å². The number of hydrogen-bond acceptors (Lipinski definition) is 7. The topological polar surface area (TPSA) is 122 Å². The fourth-order valence-electron chi connectivity index (χ4n) is 3.44. The minimum atomic E-state index is -0.545. The Balaban J connectivity index is 2.27. The number of nitrogens with one attached hydrogen (secondary N) is 1. The smallest absolute Gasteiger partial charge is 0.325 e. The summed E-state index contributed by atoms with van der Waals surface area (Å²) in [6.45, 7) is 3.34. The van der Waals surface area contributed by atoms with Gasteiger partial charge in [0.25, 0.3) is 5.56 Å². The molecule has 1 amide bonds. The van der Waals surface area contributed by atoms with Crippen molar-refractivity contribution in [2.45, 2.75) is 33.2 Å². The van der Waals surface area contributed by atoms with E-state index in [0.717, 1.165) is 11.1 Å². The third kappa shape index (κ3) is 5.88. The van der Waals surface area contributed by atoms with Crippen molar-refractivity contribution in [3.8, 4) is 17.6 Å². The van der Waals surface area contributed by atoms with E-state index in [4.69, 9.17) is 14.2 Å². The van der Waals surface area contributed by atoms with Crippen LogP contribution >= 0.6 is 0 Å². The Morgan fingerprint density at radius 2 is 1.72 bits per heavy atom. The van der Waals surface area contributed by atoms with Gasteiger partial charge in [0.05, 0.1) is 21.3 Å². The van der Waals surface area contributed by atoms with Gasteiger partial charge in [0, 0.05) is 24.7 Å². The molecule has 9 heteroatoms. The van der Waals surface area contributed by atoms with Gasteiger partial charge in [-0.3, -0.25) is 14.4 Å². The maximum atomic E-state index is 13.0. The number of ether oxygens (including phenoxy) is 3. The summed E-state index contributed by atoms with van der Waals surface area (Å²) in [6.07, 6.45) is 0.387. The van der Waals surface area contributed by atoms with Gasteiger partial charge in [-0.25, -0.2) is 0 Å². The lowest BCUT2D eigenvalue weighted by molar-refractivity contribution is -0.147. The zero-order valence-electron chi connectivity index (χ0n) is 18.9. The van der Waals surface area contributed by atoms with E-state index in [2.05, 4.69) is 4.98 Å². The number of nitrogens with zero attached hydrogens (tertiary/aromatic N) is 2. The number of aromatic amines is 1. The SMILES string of the molecule is COC(=O)CN(Cc1cc(OC)cc(OC)c1)C(=O)CCc1c(C)[nH]c(=O)c(C#N)c1C. The van der Waals surface area contributed by atoms with Crippen molar-refractivity contribution in [1.29, 1.82) is 5.26 Å². The van der Waals surface area contributed by atoms with Crippen LogP contribution in [0.2, 0.25) is 0 Å². The Hall–Kier alpha value is -3.80. The normalized spacial score (nSPS) is 10.2. The molecule has 0 spiro atoms. The van der Waals surface area contributed by atoms with Crippen molar-refractivity contribution in [1.82, 2.24) is 9.88 Å². The van der Waals surface area contributed by atoms with E-state index >= 15 is 0 Å². The van der Waals surface area contributed by atoms with Gasteiger partial charge in [0.15, 0.2) is 0 Å². The maximum Gasteiger partial charge on any atom is 0.325 e. The third-order valence-corrected chi connectivity index (χ3v) is 5.19. The molecule has 0 unspecified atom stereocenters. The van der Waals surface area contributed by atoms with Crippen molar-refractivity contribution in [3.63, 3.8) is 0 Å². The highest BCUT2D eigenvalue weighted by Gasteiger charge is 2.20. The van der Waals surface area contributed by atoms with Gasteiger partial charge < -0.3 is 24.1 Å². The molecule has 32 heavy (non-hydrogen) atoms. The lowest BCUT2D eigenvalue weighted by Gasteiger charge is -2.23. The molecule has 170 valence electrons. The van der Waals surface area contributed by atoms with Gasteiger partial charge in [-0.05, 0) is 49.1 Å². The number of H-pyrrole nitrogens is 1. The van der Waals surface area contributed by atoms with Gasteiger partial charge in [-0.1, -0.05) is 0 Å². The van der Waals surface area contributed by atoms with Crippen LogP contribution in [-0.2, 0) is 27.3 Å². The average molecular weight is 441 g/mol. The molecule has 0 atom stereocenters. The molecule has 0 aliphatic rings. The summed E-state index contributed by atoms with van der Waals surface area (Å²) < 4.78 is 15.3. The molecule has 2 rings (SSSR count). The van der Waals surface area contributed by atoms with Gasteiger partial charge in [0.2, 0.25) is 5.91 Å². The van der Waals surface area contributed by atoms with Gasteiger partial charge in [-0.2, -0.15) is 5.26 Å². The molecule has 1 heterocycles. The molecular formula is C23H27N3O6. The van der Waals surface area contributed by atoms with E-state index in [1.807, 2.05) is 6.07 Å². The molecule has 0 aliphatic carbocycles. The van der Waals surface area contributed by atoms with Crippen LogP contribution in [0.25, 0.3) is 0 Å². The molecule has 1 aromatic carbocycles. The highest BCUT2D eigenvalue weighted by atomic mass is 16.5. The molecule has 0 saturated carbocycles. The number of carbonyl (C=O) groups excluding carboxylic acids is 2. The molecular weight excluding hydrogens is 414 g/mol. The minimum Gasteiger partial charge on any atom is -0.497 e. The molecule has 1 aromatic heterocycles. The number of amides is 1. The van der Waals surface area contributed by atoms with Gasteiger partial charge in [0.1, 0.15) is 29.7 Å². The van der Waals surface area contributed by atoms with Crippen LogP contribution in [0.5, 0.6) is 11.5 Å². The van der Waals surface area contributed by atoms with Crippen LogP contribution in [-0.4, -0.2) is 49.6 Å². The first-order valence-corrected chi connectivity index (χ1v) is 9.93. The number of aromatic nitrogens is 1. The average Bonchev–Trinajstić information content (AvgIpc) is 2.77. The molecule has 0 radical (unpaired) electrons. The van der Waals surface area contributed by atoms with Gasteiger partial charge in [-0.15, -0.1) is 0 Å². The van der Waals surface area contributed by atoms with E-state index in [-0.39, 0.29) is 31.0 Å². The highest BCUT2D eigenvalue weighted by molar-refractivity contribution is 5.82. The number of rotatable bonds is 9. The fourth-order valence-corrected chi connectivity index (χ4v) is 3.44. The van der Waals surface area contributed by atoms with Crippen LogP contribution in [0.15, 0.2) is 23.0 Å². The predicted octanol–water partition coefficient (Wildman–Crippen LogP) is 2.02.